The summed E-state index contributed by atoms with van der Waals surface area (Å²) in [7, 11) is 0. The van der Waals surface area contributed by atoms with Gasteiger partial charge in [0.15, 0.2) is 0 Å². The van der Waals surface area contributed by atoms with Gasteiger partial charge in [-0.25, -0.2) is 14.4 Å². The number of nitrogens with one attached hydrogen (secondary N) is 2. The molecule has 0 radical (unpaired) electrons. The SMILES string of the molecule is Cc1cnc([C@H](Nc2ccc(F)cn2)c2ccc(Cl)c(Cl)c2)[nH]1. The minimum atomic E-state index is -0.393. The molecule has 2 heterocycles. The molecule has 0 aliphatic rings. The third kappa shape index (κ3) is 3.63. The summed E-state index contributed by atoms with van der Waals surface area (Å²) in [6.45, 7) is 1.92. The monoisotopic (exact) mass is 350 g/mol. The number of rotatable bonds is 4. The number of benzene rings is 1. The molecule has 0 unspecified atom stereocenters. The molecule has 3 aromatic rings. The Hall–Kier alpha value is -2.11. The number of nitrogens with zero attached hydrogens (tertiary/aromatic N) is 2. The summed E-state index contributed by atoms with van der Waals surface area (Å²) in [6, 6.07) is 7.93. The molecule has 0 bridgehead atoms. The largest absolute Gasteiger partial charge is 0.356 e. The van der Waals surface area contributed by atoms with Crippen LogP contribution in [-0.2, 0) is 0 Å². The van der Waals surface area contributed by atoms with E-state index in [4.69, 9.17) is 23.2 Å². The molecule has 2 N–H and O–H groups in total. The van der Waals surface area contributed by atoms with Gasteiger partial charge in [0.2, 0.25) is 0 Å². The number of halogens is 3. The van der Waals surface area contributed by atoms with Crippen molar-refractivity contribution >= 4 is 29.0 Å². The fourth-order valence-electron chi connectivity index (χ4n) is 2.19. The first-order valence-corrected chi connectivity index (χ1v) is 7.63. The lowest BCUT2D eigenvalue weighted by atomic mass is 10.1. The van der Waals surface area contributed by atoms with Crippen LogP contribution in [0.1, 0.15) is 23.1 Å². The molecule has 0 amide bonds. The zero-order valence-electron chi connectivity index (χ0n) is 12.1. The minimum Gasteiger partial charge on any atom is -0.356 e. The van der Waals surface area contributed by atoms with Gasteiger partial charge in [-0.1, -0.05) is 29.3 Å². The molecule has 118 valence electrons. The molecule has 7 heteroatoms. The molecular formula is C16H13Cl2FN4. The van der Waals surface area contributed by atoms with Crippen LogP contribution in [0, 0.1) is 12.7 Å². The lowest BCUT2D eigenvalue weighted by Crippen LogP contribution is -2.15. The Morgan fingerprint density at radius 3 is 2.52 bits per heavy atom. The molecule has 1 atom stereocenters. The molecule has 0 saturated heterocycles. The van der Waals surface area contributed by atoms with Gasteiger partial charge in [0.25, 0.3) is 0 Å². The van der Waals surface area contributed by atoms with Gasteiger partial charge in [0.1, 0.15) is 23.5 Å². The number of hydrogen-bond acceptors (Lipinski definition) is 3. The van der Waals surface area contributed by atoms with Crippen LogP contribution >= 0.6 is 23.2 Å². The Balaban J connectivity index is 1.99. The van der Waals surface area contributed by atoms with Crippen molar-refractivity contribution < 1.29 is 4.39 Å². The predicted octanol–water partition coefficient (Wildman–Crippen LogP) is 4.76. The van der Waals surface area contributed by atoms with E-state index in [9.17, 15) is 4.39 Å². The summed E-state index contributed by atoms with van der Waals surface area (Å²) in [4.78, 5) is 11.6. The maximum atomic E-state index is 13.0. The highest BCUT2D eigenvalue weighted by Gasteiger charge is 2.18. The summed E-state index contributed by atoms with van der Waals surface area (Å²) in [5.74, 6) is 0.832. The van der Waals surface area contributed by atoms with Gasteiger partial charge in [-0.15, -0.1) is 0 Å². The van der Waals surface area contributed by atoms with Crippen LogP contribution in [0.25, 0.3) is 0 Å². The highest BCUT2D eigenvalue weighted by atomic mass is 35.5. The summed E-state index contributed by atoms with van der Waals surface area (Å²) < 4.78 is 13.0. The molecule has 0 spiro atoms. The maximum absolute atomic E-state index is 13.0. The van der Waals surface area contributed by atoms with E-state index < -0.39 is 5.82 Å². The molecule has 0 saturated carbocycles. The fraction of sp³-hybridized carbons (Fsp3) is 0.125. The van der Waals surface area contributed by atoms with Crippen LogP contribution in [0.5, 0.6) is 0 Å². The Morgan fingerprint density at radius 1 is 1.09 bits per heavy atom. The molecule has 0 fully saturated rings. The van der Waals surface area contributed by atoms with Crippen LogP contribution < -0.4 is 5.32 Å². The van der Waals surface area contributed by atoms with Crippen LogP contribution in [0.3, 0.4) is 0 Å². The summed E-state index contributed by atoms with van der Waals surface area (Å²) in [6.07, 6.45) is 2.89. The van der Waals surface area contributed by atoms with Gasteiger partial charge in [-0.3, -0.25) is 0 Å². The first kappa shape index (κ1) is 15.8. The average Bonchev–Trinajstić information content (AvgIpc) is 2.96. The Morgan fingerprint density at radius 2 is 1.91 bits per heavy atom. The van der Waals surface area contributed by atoms with Crippen LogP contribution in [0.2, 0.25) is 10.0 Å². The lowest BCUT2D eigenvalue weighted by Gasteiger charge is -2.18. The Kier molecular flexibility index (Phi) is 4.50. The molecule has 4 nitrogen and oxygen atoms in total. The predicted molar refractivity (Wildman–Crippen MR) is 89.4 cm³/mol. The number of hydrogen-bond donors (Lipinski definition) is 2. The van der Waals surface area contributed by atoms with E-state index in [-0.39, 0.29) is 6.04 Å². The second-order valence-corrected chi connectivity index (χ2v) is 5.88. The molecular weight excluding hydrogens is 338 g/mol. The molecule has 0 aliphatic carbocycles. The fourth-order valence-corrected chi connectivity index (χ4v) is 2.50. The third-order valence-corrected chi connectivity index (χ3v) is 4.03. The van der Waals surface area contributed by atoms with Crippen LogP contribution in [0.15, 0.2) is 42.7 Å². The van der Waals surface area contributed by atoms with Gasteiger partial charge in [-0.05, 0) is 36.8 Å². The van der Waals surface area contributed by atoms with E-state index in [0.717, 1.165) is 17.5 Å². The summed E-state index contributed by atoms with van der Waals surface area (Å²) in [5.41, 5.74) is 1.79. The summed E-state index contributed by atoms with van der Waals surface area (Å²) >= 11 is 12.1. The number of aryl methyl sites for hydroxylation is 1. The van der Waals surface area contributed by atoms with Crippen molar-refractivity contribution in [2.75, 3.05) is 5.32 Å². The number of aromatic amines is 1. The van der Waals surface area contributed by atoms with Crippen molar-refractivity contribution in [3.63, 3.8) is 0 Å². The lowest BCUT2D eigenvalue weighted by molar-refractivity contribution is 0.621. The van der Waals surface area contributed by atoms with E-state index in [0.29, 0.717) is 21.7 Å². The van der Waals surface area contributed by atoms with E-state index in [1.165, 1.54) is 6.07 Å². The normalized spacial score (nSPS) is 12.2. The highest BCUT2D eigenvalue weighted by Crippen LogP contribution is 2.29. The van der Waals surface area contributed by atoms with Crippen molar-refractivity contribution in [1.29, 1.82) is 0 Å². The first-order chi connectivity index (χ1) is 11.0. The quantitative estimate of drug-likeness (QED) is 0.713. The number of pyridine rings is 1. The van der Waals surface area contributed by atoms with Gasteiger partial charge in [-0.2, -0.15) is 0 Å². The van der Waals surface area contributed by atoms with Crippen molar-refractivity contribution in [1.82, 2.24) is 15.0 Å². The minimum absolute atomic E-state index is 0.323. The third-order valence-electron chi connectivity index (χ3n) is 3.29. The molecule has 0 aliphatic heterocycles. The standard InChI is InChI=1S/C16H13Cl2FN4/c1-9-7-21-16(22-9)15(10-2-4-12(17)13(18)6-10)23-14-5-3-11(19)8-20-14/h2-8,15H,1H3,(H,20,23)(H,21,22)/t15-/m1/s1. The average molecular weight is 351 g/mol. The molecule has 1 aromatic carbocycles. The van der Waals surface area contributed by atoms with E-state index in [1.54, 1.807) is 24.4 Å². The zero-order valence-corrected chi connectivity index (χ0v) is 13.7. The maximum Gasteiger partial charge on any atom is 0.141 e. The van der Waals surface area contributed by atoms with Crippen molar-refractivity contribution in [2.45, 2.75) is 13.0 Å². The van der Waals surface area contributed by atoms with Crippen LogP contribution in [0.4, 0.5) is 10.2 Å². The number of anilines is 1. The summed E-state index contributed by atoms with van der Waals surface area (Å²) in [5, 5.41) is 4.15. The molecule has 3 rings (SSSR count). The van der Waals surface area contributed by atoms with Crippen molar-refractivity contribution in [3.8, 4) is 0 Å². The van der Waals surface area contributed by atoms with Crippen molar-refractivity contribution in [3.05, 3.63) is 75.7 Å². The number of H-pyrrole nitrogens is 1. The Bertz CT molecular complexity index is 817. The smallest absolute Gasteiger partial charge is 0.141 e. The van der Waals surface area contributed by atoms with E-state index >= 15 is 0 Å². The molecule has 23 heavy (non-hydrogen) atoms. The van der Waals surface area contributed by atoms with Gasteiger partial charge in [0.05, 0.1) is 16.2 Å². The topological polar surface area (TPSA) is 53.6 Å². The number of imidazole rings is 1. The van der Waals surface area contributed by atoms with Crippen LogP contribution in [-0.4, -0.2) is 15.0 Å². The Labute approximate surface area is 142 Å². The van der Waals surface area contributed by atoms with Gasteiger partial charge >= 0.3 is 0 Å². The van der Waals surface area contributed by atoms with E-state index in [1.807, 2.05) is 13.0 Å². The van der Waals surface area contributed by atoms with Gasteiger partial charge in [0, 0.05) is 11.9 Å². The highest BCUT2D eigenvalue weighted by molar-refractivity contribution is 6.42. The second kappa shape index (κ2) is 6.56. The zero-order chi connectivity index (χ0) is 16.4. The van der Waals surface area contributed by atoms with Crippen molar-refractivity contribution in [2.24, 2.45) is 0 Å². The van der Waals surface area contributed by atoms with Gasteiger partial charge < -0.3 is 10.3 Å². The first-order valence-electron chi connectivity index (χ1n) is 6.87. The van der Waals surface area contributed by atoms with E-state index in [2.05, 4.69) is 20.3 Å². The second-order valence-electron chi connectivity index (χ2n) is 5.06. The molecule has 2 aromatic heterocycles. The number of aromatic nitrogens is 3.